The van der Waals surface area contributed by atoms with E-state index in [2.05, 4.69) is 25.8 Å². The number of nitrogens with zero attached hydrogens (tertiary/aromatic N) is 2. The molecule has 0 N–H and O–H groups in total. The molecule has 1 atom stereocenters. The van der Waals surface area contributed by atoms with E-state index in [-0.39, 0.29) is 11.5 Å². The zero-order valence-electron chi connectivity index (χ0n) is 14.1. The van der Waals surface area contributed by atoms with Gasteiger partial charge in [-0.3, -0.25) is 4.98 Å². The summed E-state index contributed by atoms with van der Waals surface area (Å²) in [4.78, 5) is 18.4. The maximum atomic E-state index is 12.4. The van der Waals surface area contributed by atoms with Gasteiger partial charge in [-0.15, -0.1) is 0 Å². The summed E-state index contributed by atoms with van der Waals surface area (Å²) in [5.74, 6) is 0. The number of hydrogen-bond donors (Lipinski definition) is 0. The molecule has 0 aliphatic carbocycles. The number of carbonyl (C=O) groups excluding carboxylic acids is 1. The second kappa shape index (κ2) is 6.92. The van der Waals surface area contributed by atoms with Gasteiger partial charge in [0, 0.05) is 19.3 Å². The van der Waals surface area contributed by atoms with E-state index >= 15 is 0 Å². The first kappa shape index (κ1) is 17.5. The SMILES string of the molecule is CCN(CC)C(=O)OC(C)(CC(C)(C)C)c1ccccn1. The predicted molar refractivity (Wildman–Crippen MR) is 85.1 cm³/mol. The lowest BCUT2D eigenvalue weighted by Gasteiger charge is -2.36. The van der Waals surface area contributed by atoms with Gasteiger partial charge in [0.05, 0.1) is 5.69 Å². The zero-order valence-corrected chi connectivity index (χ0v) is 14.1. The standard InChI is InChI=1S/C17H28N2O2/c1-7-19(8-2)15(20)21-17(6,13-16(3,4)5)14-11-9-10-12-18-14/h9-12H,7-8,13H2,1-6H3. The first-order valence-electron chi connectivity index (χ1n) is 7.61. The number of pyridine rings is 1. The average molecular weight is 292 g/mol. The van der Waals surface area contributed by atoms with E-state index in [0.29, 0.717) is 19.5 Å². The molecule has 0 radical (unpaired) electrons. The minimum Gasteiger partial charge on any atom is -0.437 e. The van der Waals surface area contributed by atoms with E-state index in [9.17, 15) is 4.79 Å². The largest absolute Gasteiger partial charge is 0.437 e. The van der Waals surface area contributed by atoms with Crippen LogP contribution in [0.4, 0.5) is 4.79 Å². The Morgan fingerprint density at radius 3 is 2.24 bits per heavy atom. The Kier molecular flexibility index (Phi) is 5.76. The maximum Gasteiger partial charge on any atom is 0.410 e. The molecule has 4 nitrogen and oxygen atoms in total. The van der Waals surface area contributed by atoms with Crippen molar-refractivity contribution in [2.75, 3.05) is 13.1 Å². The summed E-state index contributed by atoms with van der Waals surface area (Å²) in [5.41, 5.74) is 0.0927. The van der Waals surface area contributed by atoms with Crippen LogP contribution in [-0.2, 0) is 10.3 Å². The molecule has 0 aliphatic rings. The number of rotatable bonds is 5. The Morgan fingerprint density at radius 2 is 1.81 bits per heavy atom. The Hall–Kier alpha value is -1.58. The molecule has 1 aromatic heterocycles. The van der Waals surface area contributed by atoms with Crippen LogP contribution in [-0.4, -0.2) is 29.1 Å². The monoisotopic (exact) mass is 292 g/mol. The van der Waals surface area contributed by atoms with Gasteiger partial charge in [-0.1, -0.05) is 26.8 Å². The molecule has 0 bridgehead atoms. The van der Waals surface area contributed by atoms with Gasteiger partial charge in [0.1, 0.15) is 0 Å². The number of amides is 1. The van der Waals surface area contributed by atoms with Crippen LogP contribution in [0.25, 0.3) is 0 Å². The molecule has 0 aromatic carbocycles. The lowest BCUT2D eigenvalue weighted by Crippen LogP contribution is -2.40. The quantitative estimate of drug-likeness (QED) is 0.816. The number of hydrogen-bond acceptors (Lipinski definition) is 3. The van der Waals surface area contributed by atoms with Gasteiger partial charge in [0.25, 0.3) is 0 Å². The summed E-state index contributed by atoms with van der Waals surface area (Å²) in [6, 6.07) is 5.71. The summed E-state index contributed by atoms with van der Waals surface area (Å²) >= 11 is 0. The van der Waals surface area contributed by atoms with Crippen molar-refractivity contribution in [3.8, 4) is 0 Å². The highest BCUT2D eigenvalue weighted by molar-refractivity contribution is 5.68. The fraction of sp³-hybridized carbons (Fsp3) is 0.647. The Labute approximate surface area is 128 Å². The van der Waals surface area contributed by atoms with Gasteiger partial charge in [-0.05, 0) is 44.7 Å². The first-order valence-corrected chi connectivity index (χ1v) is 7.61. The molecule has 0 fully saturated rings. The van der Waals surface area contributed by atoms with E-state index in [4.69, 9.17) is 4.74 Å². The Morgan fingerprint density at radius 1 is 1.19 bits per heavy atom. The van der Waals surface area contributed by atoms with Gasteiger partial charge in [-0.25, -0.2) is 4.79 Å². The van der Waals surface area contributed by atoms with Gasteiger partial charge < -0.3 is 9.64 Å². The molecule has 4 heteroatoms. The van der Waals surface area contributed by atoms with Gasteiger partial charge in [-0.2, -0.15) is 0 Å². The summed E-state index contributed by atoms with van der Waals surface area (Å²) in [6.45, 7) is 13.5. The highest BCUT2D eigenvalue weighted by atomic mass is 16.6. The molecule has 1 aromatic rings. The highest BCUT2D eigenvalue weighted by Gasteiger charge is 2.37. The number of carbonyl (C=O) groups is 1. The van der Waals surface area contributed by atoms with Crippen molar-refractivity contribution in [2.45, 2.75) is 53.6 Å². The van der Waals surface area contributed by atoms with Gasteiger partial charge >= 0.3 is 6.09 Å². The molecule has 0 aliphatic heterocycles. The second-order valence-corrected chi connectivity index (χ2v) is 6.72. The van der Waals surface area contributed by atoms with Crippen molar-refractivity contribution >= 4 is 6.09 Å². The number of ether oxygens (including phenoxy) is 1. The zero-order chi connectivity index (χ0) is 16.1. The molecule has 1 amide bonds. The van der Waals surface area contributed by atoms with E-state index in [1.165, 1.54) is 0 Å². The smallest absolute Gasteiger partial charge is 0.410 e. The molecule has 1 rings (SSSR count). The Bertz CT molecular complexity index is 450. The summed E-state index contributed by atoms with van der Waals surface area (Å²) in [7, 11) is 0. The van der Waals surface area contributed by atoms with Crippen LogP contribution in [0.3, 0.4) is 0 Å². The molecule has 1 heterocycles. The fourth-order valence-corrected chi connectivity index (χ4v) is 2.61. The molecule has 21 heavy (non-hydrogen) atoms. The second-order valence-electron chi connectivity index (χ2n) is 6.72. The summed E-state index contributed by atoms with van der Waals surface area (Å²) < 4.78 is 5.87. The van der Waals surface area contributed by atoms with Gasteiger partial charge in [0.2, 0.25) is 0 Å². The molecule has 1 unspecified atom stereocenters. The molecule has 0 saturated heterocycles. The van der Waals surface area contributed by atoms with Crippen LogP contribution >= 0.6 is 0 Å². The fourth-order valence-electron chi connectivity index (χ4n) is 2.61. The maximum absolute atomic E-state index is 12.4. The molecular weight excluding hydrogens is 264 g/mol. The molecular formula is C17H28N2O2. The van der Waals surface area contributed by atoms with E-state index in [1.54, 1.807) is 11.1 Å². The van der Waals surface area contributed by atoms with Crippen LogP contribution in [0.5, 0.6) is 0 Å². The van der Waals surface area contributed by atoms with E-state index in [0.717, 1.165) is 5.69 Å². The van der Waals surface area contributed by atoms with Gasteiger partial charge in [0.15, 0.2) is 5.60 Å². The molecule has 0 spiro atoms. The van der Waals surface area contributed by atoms with Crippen molar-refractivity contribution in [2.24, 2.45) is 5.41 Å². The van der Waals surface area contributed by atoms with Crippen LogP contribution in [0.1, 0.15) is 53.7 Å². The predicted octanol–water partition coefficient (Wildman–Crippen LogP) is 4.21. The normalized spacial score (nSPS) is 14.4. The van der Waals surface area contributed by atoms with E-state index in [1.807, 2.05) is 39.0 Å². The third kappa shape index (κ3) is 5.03. The van der Waals surface area contributed by atoms with Crippen molar-refractivity contribution in [1.29, 1.82) is 0 Å². The first-order chi connectivity index (χ1) is 9.72. The van der Waals surface area contributed by atoms with E-state index < -0.39 is 5.60 Å². The Balaban J connectivity index is 3.06. The number of aromatic nitrogens is 1. The van der Waals surface area contributed by atoms with Crippen molar-refractivity contribution < 1.29 is 9.53 Å². The van der Waals surface area contributed by atoms with Crippen molar-refractivity contribution in [1.82, 2.24) is 9.88 Å². The molecule has 0 saturated carbocycles. The third-order valence-electron chi connectivity index (χ3n) is 3.41. The minimum atomic E-state index is -0.723. The van der Waals surface area contributed by atoms with Crippen LogP contribution in [0.2, 0.25) is 0 Å². The van der Waals surface area contributed by atoms with Crippen LogP contribution < -0.4 is 0 Å². The summed E-state index contributed by atoms with van der Waals surface area (Å²) in [6.07, 6.45) is 2.17. The highest BCUT2D eigenvalue weighted by Crippen LogP contribution is 2.37. The minimum absolute atomic E-state index is 0.0236. The van der Waals surface area contributed by atoms with Crippen molar-refractivity contribution in [3.63, 3.8) is 0 Å². The lowest BCUT2D eigenvalue weighted by molar-refractivity contribution is -0.0276. The topological polar surface area (TPSA) is 42.4 Å². The third-order valence-corrected chi connectivity index (χ3v) is 3.41. The lowest BCUT2D eigenvalue weighted by atomic mass is 9.81. The van der Waals surface area contributed by atoms with Crippen molar-refractivity contribution in [3.05, 3.63) is 30.1 Å². The van der Waals surface area contributed by atoms with Crippen LogP contribution in [0.15, 0.2) is 24.4 Å². The molecule has 118 valence electrons. The van der Waals surface area contributed by atoms with Crippen LogP contribution in [0, 0.1) is 5.41 Å². The summed E-state index contributed by atoms with van der Waals surface area (Å²) in [5, 5.41) is 0. The average Bonchev–Trinajstić information content (AvgIpc) is 2.39.